The maximum atomic E-state index is 5.61. The van der Waals surface area contributed by atoms with Crippen molar-refractivity contribution in [3.63, 3.8) is 0 Å². The Kier molecular flexibility index (Phi) is 10.3. The highest BCUT2D eigenvalue weighted by Gasteiger charge is 2.16. The molecule has 2 heterocycles. The Morgan fingerprint density at radius 3 is 2.50 bits per heavy atom. The molecule has 0 saturated carbocycles. The molecule has 0 spiro atoms. The van der Waals surface area contributed by atoms with E-state index < -0.39 is 0 Å². The van der Waals surface area contributed by atoms with Crippen molar-refractivity contribution in [1.82, 2.24) is 20.4 Å². The van der Waals surface area contributed by atoms with Gasteiger partial charge in [-0.2, -0.15) is 0 Å². The average Bonchev–Trinajstić information content (AvgIpc) is 3.04. The molecule has 0 bridgehead atoms. The Morgan fingerprint density at radius 2 is 1.91 bits per heavy atom. The van der Waals surface area contributed by atoms with E-state index in [1.165, 1.54) is 39.1 Å². The molecule has 2 aliphatic rings. The van der Waals surface area contributed by atoms with E-state index in [1.54, 1.807) is 0 Å². The molecule has 2 aliphatic heterocycles. The second kappa shape index (κ2) is 11.4. The number of hydrogen-bond donors (Lipinski definition) is 2. The molecule has 2 saturated heterocycles. The number of halogens is 1. The molecule has 0 aliphatic carbocycles. The van der Waals surface area contributed by atoms with Crippen molar-refractivity contribution in [2.75, 3.05) is 66.0 Å². The van der Waals surface area contributed by atoms with E-state index in [-0.39, 0.29) is 24.0 Å². The van der Waals surface area contributed by atoms with Crippen LogP contribution >= 0.6 is 24.0 Å². The zero-order valence-electron chi connectivity index (χ0n) is 14.0. The molecule has 1 atom stereocenters. The normalized spacial score (nSPS) is 24.1. The molecule has 1 unspecified atom stereocenters. The molecule has 7 heteroatoms. The molecule has 2 N–H and O–H groups in total. The highest BCUT2D eigenvalue weighted by atomic mass is 127. The van der Waals surface area contributed by atoms with E-state index in [2.05, 4.69) is 32.3 Å². The van der Waals surface area contributed by atoms with Gasteiger partial charge in [-0.1, -0.05) is 6.92 Å². The quantitative estimate of drug-likeness (QED) is 0.371. The Hall–Kier alpha value is -0.120. The summed E-state index contributed by atoms with van der Waals surface area (Å²) < 4.78 is 5.61. The summed E-state index contributed by atoms with van der Waals surface area (Å²) in [6.45, 7) is 11.9. The minimum absolute atomic E-state index is 0. The van der Waals surface area contributed by atoms with E-state index in [0.29, 0.717) is 6.10 Å². The molecule has 6 nitrogen and oxygen atoms in total. The lowest BCUT2D eigenvalue weighted by atomic mass is 10.2. The van der Waals surface area contributed by atoms with Crippen LogP contribution in [0.2, 0.25) is 0 Å². The van der Waals surface area contributed by atoms with Crippen LogP contribution < -0.4 is 10.6 Å². The van der Waals surface area contributed by atoms with Gasteiger partial charge in [-0.3, -0.25) is 9.89 Å². The average molecular weight is 425 g/mol. The number of ether oxygens (including phenoxy) is 1. The lowest BCUT2D eigenvalue weighted by Gasteiger charge is -2.34. The Morgan fingerprint density at radius 1 is 1.18 bits per heavy atom. The fourth-order valence-electron chi connectivity index (χ4n) is 2.90. The van der Waals surface area contributed by atoms with Crippen LogP contribution in [-0.2, 0) is 4.74 Å². The number of aliphatic imine (C=N–C) groups is 1. The molecule has 22 heavy (non-hydrogen) atoms. The molecule has 0 radical (unpaired) electrons. The van der Waals surface area contributed by atoms with Gasteiger partial charge in [0.25, 0.3) is 0 Å². The summed E-state index contributed by atoms with van der Waals surface area (Å²) in [6.07, 6.45) is 2.69. The fraction of sp³-hybridized carbons (Fsp3) is 0.933. The first-order valence-corrected chi connectivity index (χ1v) is 8.32. The van der Waals surface area contributed by atoms with Crippen molar-refractivity contribution >= 4 is 29.9 Å². The van der Waals surface area contributed by atoms with Crippen molar-refractivity contribution in [3.05, 3.63) is 0 Å². The van der Waals surface area contributed by atoms with E-state index in [0.717, 1.165) is 38.6 Å². The molecule has 2 rings (SSSR count). The van der Waals surface area contributed by atoms with Crippen molar-refractivity contribution in [2.45, 2.75) is 25.9 Å². The van der Waals surface area contributed by atoms with E-state index in [9.17, 15) is 0 Å². The number of piperazine rings is 1. The third-order valence-electron chi connectivity index (χ3n) is 4.38. The minimum atomic E-state index is 0. The summed E-state index contributed by atoms with van der Waals surface area (Å²) in [7, 11) is 1.82. The highest BCUT2D eigenvalue weighted by molar-refractivity contribution is 14.0. The van der Waals surface area contributed by atoms with Crippen LogP contribution in [0.15, 0.2) is 4.99 Å². The highest BCUT2D eigenvalue weighted by Crippen LogP contribution is 2.10. The summed E-state index contributed by atoms with van der Waals surface area (Å²) >= 11 is 0. The van der Waals surface area contributed by atoms with Gasteiger partial charge < -0.3 is 20.3 Å². The summed E-state index contributed by atoms with van der Waals surface area (Å²) in [6, 6.07) is 0. The monoisotopic (exact) mass is 425 g/mol. The van der Waals surface area contributed by atoms with E-state index >= 15 is 0 Å². The maximum absolute atomic E-state index is 5.61. The SMILES string of the molecule is CCN1CCN(CCNC(=NC)NCC2CCCO2)CC1.I. The molecule has 0 aromatic rings. The van der Waals surface area contributed by atoms with Crippen molar-refractivity contribution in [1.29, 1.82) is 0 Å². The van der Waals surface area contributed by atoms with Gasteiger partial charge in [0.15, 0.2) is 5.96 Å². The summed E-state index contributed by atoms with van der Waals surface area (Å²) in [4.78, 5) is 9.30. The van der Waals surface area contributed by atoms with Crippen LogP contribution in [0.1, 0.15) is 19.8 Å². The summed E-state index contributed by atoms with van der Waals surface area (Å²) in [5.41, 5.74) is 0. The molecular formula is C15H32IN5O. The van der Waals surface area contributed by atoms with Crippen molar-refractivity contribution in [3.8, 4) is 0 Å². The number of nitrogens with zero attached hydrogens (tertiary/aromatic N) is 3. The third-order valence-corrected chi connectivity index (χ3v) is 4.38. The van der Waals surface area contributed by atoms with Crippen molar-refractivity contribution in [2.24, 2.45) is 4.99 Å². The minimum Gasteiger partial charge on any atom is -0.376 e. The van der Waals surface area contributed by atoms with Gasteiger partial charge in [0.05, 0.1) is 6.10 Å². The zero-order chi connectivity index (χ0) is 14.9. The van der Waals surface area contributed by atoms with Crippen LogP contribution in [-0.4, -0.2) is 87.9 Å². The van der Waals surface area contributed by atoms with Gasteiger partial charge in [0.1, 0.15) is 0 Å². The standard InChI is InChI=1S/C15H31N5O.HI/c1-3-19-8-10-20(11-9-19)7-6-17-15(16-2)18-13-14-5-4-12-21-14;/h14H,3-13H2,1-2H3,(H2,16,17,18);1H. The molecule has 2 fully saturated rings. The Labute approximate surface area is 152 Å². The van der Waals surface area contributed by atoms with Crippen LogP contribution in [0.25, 0.3) is 0 Å². The van der Waals surface area contributed by atoms with Gasteiger partial charge in [-0.15, -0.1) is 24.0 Å². The Balaban J connectivity index is 0.00000242. The number of rotatable bonds is 6. The van der Waals surface area contributed by atoms with Crippen LogP contribution in [0.5, 0.6) is 0 Å². The Bertz CT molecular complexity index is 315. The predicted molar refractivity (Wildman–Crippen MR) is 102 cm³/mol. The molecule has 0 amide bonds. The number of hydrogen-bond acceptors (Lipinski definition) is 4. The largest absolute Gasteiger partial charge is 0.376 e. The first-order chi connectivity index (χ1) is 10.3. The summed E-state index contributed by atoms with van der Waals surface area (Å²) in [5, 5.41) is 6.75. The smallest absolute Gasteiger partial charge is 0.191 e. The van der Waals surface area contributed by atoms with E-state index in [1.807, 2.05) is 7.05 Å². The number of nitrogens with one attached hydrogen (secondary N) is 2. The van der Waals surface area contributed by atoms with Gasteiger partial charge in [0.2, 0.25) is 0 Å². The van der Waals surface area contributed by atoms with Gasteiger partial charge in [-0.05, 0) is 19.4 Å². The summed E-state index contributed by atoms with van der Waals surface area (Å²) in [5.74, 6) is 0.887. The van der Waals surface area contributed by atoms with Gasteiger partial charge >= 0.3 is 0 Å². The first-order valence-electron chi connectivity index (χ1n) is 8.32. The fourth-order valence-corrected chi connectivity index (χ4v) is 2.90. The lowest BCUT2D eigenvalue weighted by molar-refractivity contribution is 0.113. The van der Waals surface area contributed by atoms with Crippen LogP contribution in [0.3, 0.4) is 0 Å². The van der Waals surface area contributed by atoms with E-state index in [4.69, 9.17) is 4.74 Å². The number of guanidine groups is 1. The van der Waals surface area contributed by atoms with Crippen molar-refractivity contribution < 1.29 is 4.74 Å². The zero-order valence-corrected chi connectivity index (χ0v) is 16.3. The van der Waals surface area contributed by atoms with Crippen LogP contribution in [0.4, 0.5) is 0 Å². The van der Waals surface area contributed by atoms with Gasteiger partial charge in [0, 0.05) is 59.5 Å². The molecular weight excluding hydrogens is 393 g/mol. The molecule has 0 aromatic carbocycles. The number of likely N-dealkylation sites (N-methyl/N-ethyl adjacent to an activating group) is 1. The second-order valence-electron chi connectivity index (χ2n) is 5.79. The van der Waals surface area contributed by atoms with Crippen LogP contribution in [0, 0.1) is 0 Å². The topological polar surface area (TPSA) is 52.1 Å². The first kappa shape index (κ1) is 19.9. The maximum Gasteiger partial charge on any atom is 0.191 e. The molecule has 0 aromatic heterocycles. The lowest BCUT2D eigenvalue weighted by Crippen LogP contribution is -2.49. The predicted octanol–water partition coefficient (Wildman–Crippen LogP) is 0.586. The molecule has 130 valence electrons. The second-order valence-corrected chi connectivity index (χ2v) is 5.79. The van der Waals surface area contributed by atoms with Gasteiger partial charge in [-0.25, -0.2) is 0 Å². The third kappa shape index (κ3) is 6.97.